The lowest BCUT2D eigenvalue weighted by Gasteiger charge is -2.16. The van der Waals surface area contributed by atoms with E-state index in [1.54, 1.807) is 50.2 Å². The summed E-state index contributed by atoms with van der Waals surface area (Å²) >= 11 is 1.24. The Balaban J connectivity index is 1.74. The number of nitrogens with zero attached hydrogens (tertiary/aromatic N) is 2. The summed E-state index contributed by atoms with van der Waals surface area (Å²) in [6.45, 7) is 4.10. The Labute approximate surface area is 190 Å². The molecule has 1 aromatic heterocycles. The number of para-hydroxylation sites is 1. The Morgan fingerprint density at radius 1 is 1.06 bits per heavy atom. The van der Waals surface area contributed by atoms with Gasteiger partial charge < -0.3 is 19.5 Å². The van der Waals surface area contributed by atoms with E-state index in [4.69, 9.17) is 14.2 Å². The van der Waals surface area contributed by atoms with E-state index in [9.17, 15) is 9.59 Å². The van der Waals surface area contributed by atoms with Crippen molar-refractivity contribution in [3.63, 3.8) is 0 Å². The highest BCUT2D eigenvalue weighted by Gasteiger charge is 2.16. The second-order valence-corrected chi connectivity index (χ2v) is 8.21. The second kappa shape index (κ2) is 10.4. The first-order valence-corrected chi connectivity index (χ1v) is 11.1. The van der Waals surface area contributed by atoms with Gasteiger partial charge in [-0.1, -0.05) is 23.9 Å². The predicted molar refractivity (Wildman–Crippen MR) is 125 cm³/mol. The third-order valence-corrected chi connectivity index (χ3v) is 5.84. The van der Waals surface area contributed by atoms with Gasteiger partial charge in [0, 0.05) is 24.2 Å². The average molecular weight is 458 g/mol. The topological polar surface area (TPSA) is 91.7 Å². The third kappa shape index (κ3) is 4.99. The zero-order valence-corrected chi connectivity index (χ0v) is 19.6. The fraction of sp³-hybridized carbons (Fsp3) is 0.348. The normalized spacial score (nSPS) is 10.9. The molecule has 0 radical (unpaired) electrons. The molecule has 0 fully saturated rings. The Bertz CT molecular complexity index is 1180. The smallest absolute Gasteiger partial charge is 0.262 e. The zero-order valence-electron chi connectivity index (χ0n) is 18.8. The highest BCUT2D eigenvalue weighted by Crippen LogP contribution is 2.34. The number of ether oxygens (including phenoxy) is 3. The molecule has 1 N–H and O–H groups in total. The van der Waals surface area contributed by atoms with E-state index >= 15 is 0 Å². The van der Waals surface area contributed by atoms with E-state index in [2.05, 4.69) is 10.3 Å². The molecule has 32 heavy (non-hydrogen) atoms. The van der Waals surface area contributed by atoms with Gasteiger partial charge in [0.15, 0.2) is 16.7 Å². The molecule has 1 heterocycles. The third-order valence-electron chi connectivity index (χ3n) is 4.89. The summed E-state index contributed by atoms with van der Waals surface area (Å²) < 4.78 is 17.6. The van der Waals surface area contributed by atoms with Crippen molar-refractivity contribution < 1.29 is 19.0 Å². The van der Waals surface area contributed by atoms with Gasteiger partial charge in [0.1, 0.15) is 5.75 Å². The standard InChI is InChI=1S/C23H27N3O5S/c1-14(2)26-22(28)16-8-6-7-9-17(16)25-23(26)32-13-21(27)24-12-15-10-19(30-4)20(31-5)11-18(15)29-3/h6-11,14H,12-13H2,1-5H3,(H,24,27). The first-order chi connectivity index (χ1) is 15.4. The molecule has 0 aliphatic carbocycles. The van der Waals surface area contributed by atoms with E-state index in [-0.39, 0.29) is 29.8 Å². The molecule has 0 aliphatic heterocycles. The molecule has 0 atom stereocenters. The maximum atomic E-state index is 12.9. The number of amides is 1. The van der Waals surface area contributed by atoms with Gasteiger partial charge in [-0.2, -0.15) is 0 Å². The minimum Gasteiger partial charge on any atom is -0.496 e. The van der Waals surface area contributed by atoms with E-state index in [0.717, 1.165) is 5.56 Å². The summed E-state index contributed by atoms with van der Waals surface area (Å²) in [5.74, 6) is 1.61. The number of methoxy groups -OCH3 is 3. The van der Waals surface area contributed by atoms with Crippen LogP contribution in [0.15, 0.2) is 46.3 Å². The van der Waals surface area contributed by atoms with Crippen LogP contribution in [0.4, 0.5) is 0 Å². The highest BCUT2D eigenvalue weighted by molar-refractivity contribution is 7.99. The van der Waals surface area contributed by atoms with Crippen molar-refractivity contribution in [3.05, 3.63) is 52.3 Å². The van der Waals surface area contributed by atoms with Crippen LogP contribution in [0.5, 0.6) is 17.2 Å². The fourth-order valence-electron chi connectivity index (χ4n) is 3.29. The number of aromatic nitrogens is 2. The number of rotatable bonds is 9. The summed E-state index contributed by atoms with van der Waals surface area (Å²) in [5, 5.41) is 3.96. The maximum Gasteiger partial charge on any atom is 0.262 e. The lowest BCUT2D eigenvalue weighted by atomic mass is 10.1. The summed E-state index contributed by atoms with van der Waals surface area (Å²) in [6, 6.07) is 10.6. The number of carbonyl (C=O) groups excluding carboxylic acids is 1. The minimum atomic E-state index is -0.190. The molecule has 9 heteroatoms. The van der Waals surface area contributed by atoms with Gasteiger partial charge in [-0.25, -0.2) is 4.98 Å². The van der Waals surface area contributed by atoms with Gasteiger partial charge in [0.2, 0.25) is 5.91 Å². The van der Waals surface area contributed by atoms with Gasteiger partial charge in [0.25, 0.3) is 5.56 Å². The van der Waals surface area contributed by atoms with Crippen molar-refractivity contribution in [1.82, 2.24) is 14.9 Å². The van der Waals surface area contributed by atoms with Crippen LogP contribution in [0, 0.1) is 0 Å². The summed E-state index contributed by atoms with van der Waals surface area (Å²) in [7, 11) is 4.65. The van der Waals surface area contributed by atoms with Crippen LogP contribution in [0.3, 0.4) is 0 Å². The molecule has 0 unspecified atom stereocenters. The van der Waals surface area contributed by atoms with Gasteiger partial charge in [-0.05, 0) is 32.0 Å². The van der Waals surface area contributed by atoms with E-state index < -0.39 is 0 Å². The van der Waals surface area contributed by atoms with E-state index in [0.29, 0.717) is 33.3 Å². The summed E-state index contributed by atoms with van der Waals surface area (Å²) in [4.78, 5) is 30.1. The van der Waals surface area contributed by atoms with Crippen LogP contribution in [0.1, 0.15) is 25.5 Å². The molecule has 0 bridgehead atoms. The molecule has 3 aromatic rings. The molecule has 0 aliphatic rings. The number of thioether (sulfide) groups is 1. The monoisotopic (exact) mass is 457 g/mol. The van der Waals surface area contributed by atoms with Crippen LogP contribution < -0.4 is 25.1 Å². The number of benzene rings is 2. The number of fused-ring (bicyclic) bond motifs is 1. The van der Waals surface area contributed by atoms with Crippen molar-refractivity contribution >= 4 is 28.6 Å². The number of nitrogens with one attached hydrogen (secondary N) is 1. The van der Waals surface area contributed by atoms with Gasteiger partial charge in [-0.3, -0.25) is 14.2 Å². The molecule has 8 nitrogen and oxygen atoms in total. The zero-order chi connectivity index (χ0) is 23.3. The van der Waals surface area contributed by atoms with Gasteiger partial charge in [-0.15, -0.1) is 0 Å². The van der Waals surface area contributed by atoms with Crippen molar-refractivity contribution in [3.8, 4) is 17.2 Å². The second-order valence-electron chi connectivity index (χ2n) is 7.26. The van der Waals surface area contributed by atoms with Crippen LogP contribution in [0.2, 0.25) is 0 Å². The quantitative estimate of drug-likeness (QED) is 0.389. The van der Waals surface area contributed by atoms with Gasteiger partial charge >= 0.3 is 0 Å². The largest absolute Gasteiger partial charge is 0.496 e. The fourth-order valence-corrected chi connectivity index (χ4v) is 4.25. The van der Waals surface area contributed by atoms with Crippen molar-refractivity contribution in [2.24, 2.45) is 0 Å². The summed E-state index contributed by atoms with van der Waals surface area (Å²) in [5.41, 5.74) is 1.27. The Morgan fingerprint density at radius 3 is 2.38 bits per heavy atom. The molecule has 170 valence electrons. The van der Waals surface area contributed by atoms with E-state index in [1.165, 1.54) is 11.8 Å². The van der Waals surface area contributed by atoms with Gasteiger partial charge in [0.05, 0.1) is 38.0 Å². The van der Waals surface area contributed by atoms with Crippen molar-refractivity contribution in [2.45, 2.75) is 31.6 Å². The number of hydrogen-bond donors (Lipinski definition) is 1. The van der Waals surface area contributed by atoms with Crippen LogP contribution >= 0.6 is 11.8 Å². The number of carbonyl (C=O) groups is 1. The molecule has 2 aromatic carbocycles. The first kappa shape index (κ1) is 23.5. The molecule has 0 spiro atoms. The van der Waals surface area contributed by atoms with Crippen LogP contribution in [-0.4, -0.2) is 42.5 Å². The van der Waals surface area contributed by atoms with Crippen molar-refractivity contribution in [1.29, 1.82) is 0 Å². The Kier molecular flexibility index (Phi) is 7.63. The average Bonchev–Trinajstić information content (AvgIpc) is 2.80. The lowest BCUT2D eigenvalue weighted by Crippen LogP contribution is -2.27. The Hall–Kier alpha value is -3.20. The first-order valence-electron chi connectivity index (χ1n) is 10.1. The lowest BCUT2D eigenvalue weighted by molar-refractivity contribution is -0.118. The molecule has 0 saturated carbocycles. The molecule has 3 rings (SSSR count). The highest BCUT2D eigenvalue weighted by atomic mass is 32.2. The molecular formula is C23H27N3O5S. The molecule has 0 saturated heterocycles. The van der Waals surface area contributed by atoms with E-state index in [1.807, 2.05) is 26.0 Å². The number of hydrogen-bond acceptors (Lipinski definition) is 7. The van der Waals surface area contributed by atoms with Crippen LogP contribution in [-0.2, 0) is 11.3 Å². The molecular weight excluding hydrogens is 430 g/mol. The van der Waals surface area contributed by atoms with Crippen LogP contribution in [0.25, 0.3) is 10.9 Å². The SMILES string of the molecule is COc1cc(OC)c(OC)cc1CNC(=O)CSc1nc2ccccc2c(=O)n1C(C)C. The Morgan fingerprint density at radius 2 is 1.72 bits per heavy atom. The van der Waals surface area contributed by atoms with Crippen molar-refractivity contribution in [2.75, 3.05) is 27.1 Å². The maximum absolute atomic E-state index is 12.9. The molecule has 1 amide bonds. The summed E-state index contributed by atoms with van der Waals surface area (Å²) in [6.07, 6.45) is 0. The predicted octanol–water partition coefficient (Wildman–Crippen LogP) is 3.41. The minimum absolute atomic E-state index is 0.0822.